The van der Waals surface area contributed by atoms with Crippen LogP contribution in [0.1, 0.15) is 39.4 Å². The molecule has 0 bridgehead atoms. The summed E-state index contributed by atoms with van der Waals surface area (Å²) in [5.41, 5.74) is 1.20. The van der Waals surface area contributed by atoms with Gasteiger partial charge in [-0.3, -0.25) is 9.59 Å². The zero-order chi connectivity index (χ0) is 17.0. The normalized spacial score (nSPS) is 11.3. The second kappa shape index (κ2) is 6.71. The number of ketones is 2. The summed E-state index contributed by atoms with van der Waals surface area (Å²) in [4.78, 5) is 34.7. The monoisotopic (exact) mass is 310 g/mol. The number of ether oxygens (including phenoxy) is 1. The molecular weight excluding hydrogens is 296 g/mol. The second-order valence-corrected chi connectivity index (χ2v) is 4.83. The minimum atomic E-state index is -0.992. The van der Waals surface area contributed by atoms with Gasteiger partial charge in [0.2, 0.25) is 0 Å². The van der Waals surface area contributed by atoms with E-state index in [4.69, 9.17) is 0 Å². The molecule has 0 saturated carbocycles. The Morgan fingerprint density at radius 2 is 1.83 bits per heavy atom. The van der Waals surface area contributed by atoms with Crippen LogP contribution in [-0.4, -0.2) is 29.2 Å². The number of rotatable bonds is 5. The number of carbonyl (C=O) groups excluding carboxylic acids is 3. The lowest BCUT2D eigenvalue weighted by Crippen LogP contribution is -2.21. The van der Waals surface area contributed by atoms with Crippen LogP contribution >= 0.6 is 0 Å². The van der Waals surface area contributed by atoms with Crippen LogP contribution in [0, 0.1) is 11.3 Å². The highest BCUT2D eigenvalue weighted by atomic mass is 16.5. The Bertz CT molecular complexity index is 797. The first-order chi connectivity index (χ1) is 11.0. The van der Waals surface area contributed by atoms with Gasteiger partial charge in [0.15, 0.2) is 5.78 Å². The molecule has 0 aliphatic carbocycles. The molecule has 0 radical (unpaired) electrons. The first kappa shape index (κ1) is 16.2. The van der Waals surface area contributed by atoms with Crippen molar-refractivity contribution >= 4 is 17.5 Å². The minimum absolute atomic E-state index is 0.0686. The van der Waals surface area contributed by atoms with Crippen LogP contribution in [0.5, 0.6) is 0 Å². The maximum atomic E-state index is 12.0. The van der Waals surface area contributed by atoms with Crippen molar-refractivity contribution in [1.29, 1.82) is 5.26 Å². The molecule has 2 rings (SSSR count). The summed E-state index contributed by atoms with van der Waals surface area (Å²) in [5.74, 6) is -1.89. The maximum Gasteiger partial charge on any atom is 0.381 e. The summed E-state index contributed by atoms with van der Waals surface area (Å²) in [7, 11) is 1.12. The van der Waals surface area contributed by atoms with Gasteiger partial charge in [-0.15, -0.1) is 0 Å². The zero-order valence-corrected chi connectivity index (χ0v) is 12.6. The van der Waals surface area contributed by atoms with Gasteiger partial charge in [0.25, 0.3) is 5.78 Å². The van der Waals surface area contributed by atoms with E-state index in [-0.39, 0.29) is 11.5 Å². The lowest BCUT2D eigenvalue weighted by molar-refractivity contribution is -0.135. The zero-order valence-electron chi connectivity index (χ0n) is 12.6. The van der Waals surface area contributed by atoms with Crippen molar-refractivity contribution in [3.8, 4) is 6.07 Å². The summed E-state index contributed by atoms with van der Waals surface area (Å²) < 4.78 is 5.83. The Morgan fingerprint density at radius 3 is 2.35 bits per heavy atom. The van der Waals surface area contributed by atoms with Crippen molar-refractivity contribution in [3.05, 3.63) is 59.4 Å². The van der Waals surface area contributed by atoms with Crippen LogP contribution < -0.4 is 0 Å². The SMILES string of the molecule is COC(=O)C(=O)c1cccn1C(C#N)c1ccc(C(C)=O)cc1. The number of hydrogen-bond acceptors (Lipinski definition) is 5. The minimum Gasteiger partial charge on any atom is -0.463 e. The number of hydrogen-bond donors (Lipinski definition) is 0. The first-order valence-corrected chi connectivity index (χ1v) is 6.79. The summed E-state index contributed by atoms with van der Waals surface area (Å²) in [6, 6.07) is 10.9. The Morgan fingerprint density at radius 1 is 1.17 bits per heavy atom. The van der Waals surface area contributed by atoms with E-state index in [2.05, 4.69) is 10.8 Å². The third-order valence-corrected chi connectivity index (χ3v) is 3.42. The van der Waals surface area contributed by atoms with Crippen LogP contribution in [0.2, 0.25) is 0 Å². The molecule has 6 heteroatoms. The summed E-state index contributed by atoms with van der Waals surface area (Å²) in [6.07, 6.45) is 1.54. The molecule has 2 aromatic rings. The van der Waals surface area contributed by atoms with Gasteiger partial charge < -0.3 is 9.30 Å². The second-order valence-electron chi connectivity index (χ2n) is 4.83. The molecule has 0 fully saturated rings. The van der Waals surface area contributed by atoms with Crippen LogP contribution in [0.4, 0.5) is 0 Å². The molecule has 0 aliphatic heterocycles. The average molecular weight is 310 g/mol. The first-order valence-electron chi connectivity index (χ1n) is 6.79. The molecule has 1 unspecified atom stereocenters. The highest BCUT2D eigenvalue weighted by Crippen LogP contribution is 2.21. The van der Waals surface area contributed by atoms with E-state index in [0.717, 1.165) is 7.11 Å². The lowest BCUT2D eigenvalue weighted by atomic mass is 10.0. The third-order valence-electron chi connectivity index (χ3n) is 3.42. The molecule has 1 heterocycles. The van der Waals surface area contributed by atoms with E-state index in [1.54, 1.807) is 36.5 Å². The molecule has 1 atom stereocenters. The predicted octanol–water partition coefficient (Wildman–Crippen LogP) is 2.16. The van der Waals surface area contributed by atoms with Crippen molar-refractivity contribution in [3.63, 3.8) is 0 Å². The summed E-state index contributed by atoms with van der Waals surface area (Å²) in [6.45, 7) is 1.45. The largest absolute Gasteiger partial charge is 0.463 e. The number of aromatic nitrogens is 1. The number of methoxy groups -OCH3 is 1. The molecule has 1 aromatic carbocycles. The van der Waals surface area contributed by atoms with Gasteiger partial charge in [0, 0.05) is 11.8 Å². The third kappa shape index (κ3) is 3.19. The van der Waals surface area contributed by atoms with Gasteiger partial charge in [-0.25, -0.2) is 4.79 Å². The van der Waals surface area contributed by atoms with Crippen LogP contribution in [-0.2, 0) is 9.53 Å². The number of nitrogens with zero attached hydrogens (tertiary/aromatic N) is 2. The molecule has 0 amide bonds. The Hall–Kier alpha value is -3.20. The smallest absolute Gasteiger partial charge is 0.381 e. The van der Waals surface area contributed by atoms with Crippen molar-refractivity contribution in [1.82, 2.24) is 4.57 Å². The highest BCUT2D eigenvalue weighted by molar-refractivity contribution is 6.40. The summed E-state index contributed by atoms with van der Waals surface area (Å²) in [5, 5.41) is 9.47. The van der Waals surface area contributed by atoms with E-state index in [9.17, 15) is 19.6 Å². The molecule has 0 saturated heterocycles. The number of esters is 1. The van der Waals surface area contributed by atoms with E-state index < -0.39 is 17.8 Å². The highest BCUT2D eigenvalue weighted by Gasteiger charge is 2.24. The van der Waals surface area contributed by atoms with Gasteiger partial charge in [-0.1, -0.05) is 24.3 Å². The Kier molecular flexibility index (Phi) is 4.72. The van der Waals surface area contributed by atoms with Crippen molar-refractivity contribution < 1.29 is 19.1 Å². The topological polar surface area (TPSA) is 89.2 Å². The summed E-state index contributed by atoms with van der Waals surface area (Å²) >= 11 is 0. The Labute approximate surface area is 132 Å². The van der Waals surface area contributed by atoms with Gasteiger partial charge in [-0.2, -0.15) is 5.26 Å². The quantitative estimate of drug-likeness (QED) is 0.479. The fraction of sp³-hybridized carbons (Fsp3) is 0.176. The van der Waals surface area contributed by atoms with Crippen molar-refractivity contribution in [2.24, 2.45) is 0 Å². The van der Waals surface area contributed by atoms with Crippen LogP contribution in [0.15, 0.2) is 42.6 Å². The van der Waals surface area contributed by atoms with E-state index in [1.165, 1.54) is 17.6 Å². The van der Waals surface area contributed by atoms with Crippen LogP contribution in [0.3, 0.4) is 0 Å². The molecule has 0 N–H and O–H groups in total. The molecule has 116 valence electrons. The average Bonchev–Trinajstić information content (AvgIpc) is 3.04. The molecule has 23 heavy (non-hydrogen) atoms. The van der Waals surface area contributed by atoms with E-state index >= 15 is 0 Å². The molecule has 0 aliphatic rings. The maximum absolute atomic E-state index is 12.0. The van der Waals surface area contributed by atoms with Gasteiger partial charge in [0.1, 0.15) is 6.04 Å². The molecule has 0 spiro atoms. The van der Waals surface area contributed by atoms with Crippen LogP contribution in [0.25, 0.3) is 0 Å². The van der Waals surface area contributed by atoms with Crippen molar-refractivity contribution in [2.75, 3.05) is 7.11 Å². The Balaban J connectivity index is 2.41. The number of Topliss-reactive ketones (excluding diaryl/α,β-unsaturated/α-hetero) is 2. The fourth-order valence-electron chi connectivity index (χ4n) is 2.21. The number of carbonyl (C=O) groups is 3. The molecule has 6 nitrogen and oxygen atoms in total. The predicted molar refractivity (Wildman–Crippen MR) is 81.0 cm³/mol. The standard InChI is InChI=1S/C17H14N2O4/c1-11(20)12-5-7-13(8-6-12)15(10-18)19-9-3-4-14(19)16(21)17(22)23-2/h3-9,15H,1-2H3. The number of nitriles is 1. The molecular formula is C17H14N2O4. The van der Waals surface area contributed by atoms with E-state index in [1.807, 2.05) is 0 Å². The fourth-order valence-corrected chi connectivity index (χ4v) is 2.21. The van der Waals surface area contributed by atoms with E-state index in [0.29, 0.717) is 11.1 Å². The molecule has 1 aromatic heterocycles. The van der Waals surface area contributed by atoms with Gasteiger partial charge >= 0.3 is 5.97 Å². The number of benzene rings is 1. The van der Waals surface area contributed by atoms with Gasteiger partial charge in [-0.05, 0) is 24.6 Å². The van der Waals surface area contributed by atoms with Crippen molar-refractivity contribution in [2.45, 2.75) is 13.0 Å². The lowest BCUT2D eigenvalue weighted by Gasteiger charge is -2.15. The van der Waals surface area contributed by atoms with Gasteiger partial charge in [0.05, 0.1) is 18.9 Å².